The molecule has 0 fully saturated rings. The standard InChI is InChI=1S/C22H25N7O2/c1-13-18(22(31)26-21-20(13)15(3)27-28(21)4)9-10-19(30)25-14(2)16-5-7-17(8-6-16)29-12-23-11-24-29/h5-8,11-12,14H,9-10H2,1-4H3,(H,25,30)(H,26,31). The van der Waals surface area contributed by atoms with Crippen molar-refractivity contribution < 1.29 is 4.79 Å². The molecule has 1 atom stereocenters. The molecule has 1 unspecified atom stereocenters. The molecule has 9 heteroatoms. The van der Waals surface area contributed by atoms with Crippen LogP contribution in [0.5, 0.6) is 0 Å². The second-order valence-electron chi connectivity index (χ2n) is 7.71. The summed E-state index contributed by atoms with van der Waals surface area (Å²) in [6.45, 7) is 5.77. The van der Waals surface area contributed by atoms with Crippen molar-refractivity contribution in [2.24, 2.45) is 7.05 Å². The van der Waals surface area contributed by atoms with Crippen molar-refractivity contribution in [3.8, 4) is 5.69 Å². The Morgan fingerprint density at radius 2 is 1.97 bits per heavy atom. The van der Waals surface area contributed by atoms with Gasteiger partial charge in [-0.1, -0.05) is 12.1 Å². The van der Waals surface area contributed by atoms with Gasteiger partial charge in [-0.2, -0.15) is 10.2 Å². The Morgan fingerprint density at radius 1 is 1.23 bits per heavy atom. The minimum atomic E-state index is -0.169. The number of hydrogen-bond acceptors (Lipinski definition) is 5. The molecule has 3 aromatic heterocycles. The van der Waals surface area contributed by atoms with Gasteiger partial charge in [0.05, 0.1) is 17.4 Å². The Bertz CT molecular complexity index is 1280. The lowest BCUT2D eigenvalue weighted by Gasteiger charge is -2.15. The van der Waals surface area contributed by atoms with E-state index >= 15 is 0 Å². The van der Waals surface area contributed by atoms with Gasteiger partial charge in [-0.05, 0) is 50.5 Å². The van der Waals surface area contributed by atoms with Crippen LogP contribution in [0.3, 0.4) is 0 Å². The van der Waals surface area contributed by atoms with E-state index in [9.17, 15) is 9.59 Å². The van der Waals surface area contributed by atoms with Crippen LogP contribution in [0.4, 0.5) is 0 Å². The molecule has 1 aromatic carbocycles. The topological polar surface area (TPSA) is 110 Å². The SMILES string of the molecule is Cc1nn(C)c2[nH]c(=O)c(CCC(=O)NC(C)c3ccc(-n4cncn4)cc3)c(C)c12. The highest BCUT2D eigenvalue weighted by atomic mass is 16.1. The summed E-state index contributed by atoms with van der Waals surface area (Å²) in [6, 6.07) is 7.62. The summed E-state index contributed by atoms with van der Waals surface area (Å²) in [5.41, 5.74) is 4.79. The van der Waals surface area contributed by atoms with Crippen molar-refractivity contribution in [1.29, 1.82) is 0 Å². The van der Waals surface area contributed by atoms with Crippen molar-refractivity contribution in [2.45, 2.75) is 39.7 Å². The molecule has 0 bridgehead atoms. The third-order valence-corrected chi connectivity index (χ3v) is 5.61. The number of pyridine rings is 1. The molecular formula is C22H25N7O2. The number of aromatic nitrogens is 6. The predicted molar refractivity (Wildman–Crippen MR) is 117 cm³/mol. The van der Waals surface area contributed by atoms with Crippen molar-refractivity contribution in [1.82, 2.24) is 34.8 Å². The molecule has 4 rings (SSSR count). The highest BCUT2D eigenvalue weighted by Gasteiger charge is 2.17. The summed E-state index contributed by atoms with van der Waals surface area (Å²) >= 11 is 0. The number of aryl methyl sites for hydroxylation is 3. The van der Waals surface area contributed by atoms with E-state index in [-0.39, 0.29) is 23.9 Å². The normalized spacial score (nSPS) is 12.3. The maximum Gasteiger partial charge on any atom is 0.253 e. The van der Waals surface area contributed by atoms with Gasteiger partial charge in [0, 0.05) is 24.4 Å². The molecule has 0 aliphatic heterocycles. The molecule has 0 aliphatic rings. The number of nitrogens with zero attached hydrogens (tertiary/aromatic N) is 5. The van der Waals surface area contributed by atoms with Crippen molar-refractivity contribution >= 4 is 16.9 Å². The Hall–Kier alpha value is -3.75. The Balaban J connectivity index is 1.42. The van der Waals surface area contributed by atoms with Gasteiger partial charge in [0.1, 0.15) is 18.3 Å². The summed E-state index contributed by atoms with van der Waals surface area (Å²) in [4.78, 5) is 31.9. The molecule has 0 saturated carbocycles. The molecule has 1 amide bonds. The average Bonchev–Trinajstić information content (AvgIpc) is 3.36. The summed E-state index contributed by atoms with van der Waals surface area (Å²) < 4.78 is 3.35. The molecule has 0 radical (unpaired) electrons. The molecule has 0 aliphatic carbocycles. The van der Waals surface area contributed by atoms with Gasteiger partial charge in [-0.15, -0.1) is 0 Å². The predicted octanol–water partition coefficient (Wildman–Crippen LogP) is 2.27. The molecule has 2 N–H and O–H groups in total. The first kappa shape index (κ1) is 20.5. The summed E-state index contributed by atoms with van der Waals surface area (Å²) in [7, 11) is 1.80. The Labute approximate surface area is 179 Å². The van der Waals surface area contributed by atoms with Crippen LogP contribution in [-0.2, 0) is 18.3 Å². The van der Waals surface area contributed by atoms with Crippen molar-refractivity contribution in [3.63, 3.8) is 0 Å². The smallest absolute Gasteiger partial charge is 0.253 e. The average molecular weight is 419 g/mol. The van der Waals surface area contributed by atoms with Gasteiger partial charge in [0.15, 0.2) is 0 Å². The van der Waals surface area contributed by atoms with Gasteiger partial charge in [-0.3, -0.25) is 14.3 Å². The fraction of sp³-hybridized carbons (Fsp3) is 0.318. The molecular weight excluding hydrogens is 394 g/mol. The molecule has 31 heavy (non-hydrogen) atoms. The van der Waals surface area contributed by atoms with Crippen LogP contribution in [0.15, 0.2) is 41.7 Å². The van der Waals surface area contributed by atoms with Crippen LogP contribution in [0.2, 0.25) is 0 Å². The summed E-state index contributed by atoms with van der Waals surface area (Å²) in [5, 5.41) is 12.4. The van der Waals surface area contributed by atoms with E-state index in [0.717, 1.165) is 27.9 Å². The minimum Gasteiger partial charge on any atom is -0.350 e. The van der Waals surface area contributed by atoms with E-state index < -0.39 is 0 Å². The maximum absolute atomic E-state index is 12.6. The minimum absolute atomic E-state index is 0.102. The highest BCUT2D eigenvalue weighted by Crippen LogP contribution is 2.21. The van der Waals surface area contributed by atoms with E-state index in [0.29, 0.717) is 17.6 Å². The molecule has 0 saturated heterocycles. The zero-order valence-corrected chi connectivity index (χ0v) is 18.0. The van der Waals surface area contributed by atoms with Crippen LogP contribution < -0.4 is 10.9 Å². The number of nitrogens with one attached hydrogen (secondary N) is 2. The number of fused-ring (bicyclic) bond motifs is 1. The van der Waals surface area contributed by atoms with Crippen LogP contribution in [0.25, 0.3) is 16.7 Å². The molecule has 4 aromatic rings. The number of carbonyl (C=O) groups is 1. The lowest BCUT2D eigenvalue weighted by molar-refractivity contribution is -0.121. The number of carbonyl (C=O) groups excluding carboxylic acids is 1. The second-order valence-corrected chi connectivity index (χ2v) is 7.71. The monoisotopic (exact) mass is 419 g/mol. The molecule has 9 nitrogen and oxygen atoms in total. The van der Waals surface area contributed by atoms with Crippen molar-refractivity contribution in [2.75, 3.05) is 0 Å². The van der Waals surface area contributed by atoms with Crippen LogP contribution in [-0.4, -0.2) is 35.4 Å². The number of aromatic amines is 1. The largest absolute Gasteiger partial charge is 0.350 e. The van der Waals surface area contributed by atoms with Gasteiger partial charge < -0.3 is 10.3 Å². The van der Waals surface area contributed by atoms with Gasteiger partial charge in [-0.25, -0.2) is 9.67 Å². The first-order chi connectivity index (χ1) is 14.8. The second kappa shape index (κ2) is 8.17. The van der Waals surface area contributed by atoms with E-state index in [4.69, 9.17) is 0 Å². The maximum atomic E-state index is 12.6. The van der Waals surface area contributed by atoms with E-state index in [1.807, 2.05) is 45.0 Å². The Morgan fingerprint density at radius 3 is 2.65 bits per heavy atom. The first-order valence-corrected chi connectivity index (χ1v) is 10.1. The molecule has 0 spiro atoms. The van der Waals surface area contributed by atoms with Crippen LogP contribution >= 0.6 is 0 Å². The zero-order valence-electron chi connectivity index (χ0n) is 18.0. The van der Waals surface area contributed by atoms with Crippen LogP contribution in [0, 0.1) is 13.8 Å². The van der Waals surface area contributed by atoms with Crippen LogP contribution in [0.1, 0.15) is 41.8 Å². The lowest BCUT2D eigenvalue weighted by Crippen LogP contribution is -2.27. The summed E-state index contributed by atoms with van der Waals surface area (Å²) in [6.07, 6.45) is 3.72. The number of hydrogen-bond donors (Lipinski definition) is 2. The summed E-state index contributed by atoms with van der Waals surface area (Å²) in [5.74, 6) is -0.102. The molecule has 160 valence electrons. The Kier molecular flexibility index (Phi) is 5.41. The van der Waals surface area contributed by atoms with E-state index in [1.54, 1.807) is 22.7 Å². The first-order valence-electron chi connectivity index (χ1n) is 10.1. The van der Waals surface area contributed by atoms with Crippen molar-refractivity contribution in [3.05, 3.63) is 69.7 Å². The van der Waals surface area contributed by atoms with Gasteiger partial charge >= 0.3 is 0 Å². The fourth-order valence-electron chi connectivity index (χ4n) is 3.95. The van der Waals surface area contributed by atoms with E-state index in [1.165, 1.54) is 6.33 Å². The number of amides is 1. The number of benzene rings is 1. The fourth-order valence-corrected chi connectivity index (χ4v) is 3.95. The highest BCUT2D eigenvalue weighted by molar-refractivity contribution is 5.83. The third kappa shape index (κ3) is 3.98. The number of rotatable bonds is 6. The lowest BCUT2D eigenvalue weighted by atomic mass is 10.0. The molecule has 3 heterocycles. The number of H-pyrrole nitrogens is 1. The third-order valence-electron chi connectivity index (χ3n) is 5.61. The van der Waals surface area contributed by atoms with Gasteiger partial charge in [0.2, 0.25) is 5.91 Å². The van der Waals surface area contributed by atoms with E-state index in [2.05, 4.69) is 25.5 Å². The zero-order chi connectivity index (χ0) is 22.1. The van der Waals surface area contributed by atoms with Gasteiger partial charge in [0.25, 0.3) is 5.56 Å². The quantitative estimate of drug-likeness (QED) is 0.498.